The first kappa shape index (κ1) is 11.8. The number of rotatable bonds is 4. The lowest BCUT2D eigenvalue weighted by atomic mass is 10.0. The van der Waals surface area contributed by atoms with Crippen molar-refractivity contribution in [3.05, 3.63) is 48.3 Å². The van der Waals surface area contributed by atoms with E-state index in [-0.39, 0.29) is 12.1 Å². The Morgan fingerprint density at radius 2 is 2.00 bits per heavy atom. The van der Waals surface area contributed by atoms with E-state index in [9.17, 15) is 0 Å². The van der Waals surface area contributed by atoms with Crippen molar-refractivity contribution < 1.29 is 0 Å². The van der Waals surface area contributed by atoms with Gasteiger partial charge in [0, 0.05) is 37.3 Å². The van der Waals surface area contributed by atoms with E-state index in [1.165, 1.54) is 5.56 Å². The average molecular weight is 230 g/mol. The minimum Gasteiger partial charge on any atom is -0.326 e. The van der Waals surface area contributed by atoms with E-state index < -0.39 is 0 Å². The Morgan fingerprint density at radius 1 is 1.29 bits per heavy atom. The van der Waals surface area contributed by atoms with Gasteiger partial charge in [-0.15, -0.1) is 0 Å². The fourth-order valence-electron chi connectivity index (χ4n) is 2.15. The third kappa shape index (κ3) is 2.36. The smallest absolute Gasteiger partial charge is 0.108 e. The van der Waals surface area contributed by atoms with Gasteiger partial charge in [-0.3, -0.25) is 4.98 Å². The van der Waals surface area contributed by atoms with Crippen molar-refractivity contribution in [2.45, 2.75) is 32.4 Å². The Kier molecular flexibility index (Phi) is 3.54. The van der Waals surface area contributed by atoms with E-state index in [1.807, 2.05) is 31.5 Å². The number of aromatic nitrogens is 3. The van der Waals surface area contributed by atoms with Crippen LogP contribution < -0.4 is 5.73 Å². The molecule has 0 aliphatic rings. The van der Waals surface area contributed by atoms with E-state index in [1.54, 1.807) is 12.4 Å². The number of pyridine rings is 1. The number of imidazole rings is 1. The highest BCUT2D eigenvalue weighted by atomic mass is 15.1. The summed E-state index contributed by atoms with van der Waals surface area (Å²) < 4.78 is 2.15. The van der Waals surface area contributed by atoms with Gasteiger partial charge in [-0.1, -0.05) is 6.92 Å². The third-order valence-corrected chi connectivity index (χ3v) is 2.91. The van der Waals surface area contributed by atoms with E-state index >= 15 is 0 Å². The van der Waals surface area contributed by atoms with Crippen LogP contribution >= 0.6 is 0 Å². The van der Waals surface area contributed by atoms with Gasteiger partial charge < -0.3 is 10.3 Å². The standard InChI is InChI=1S/C13H18N4/c1-3-12-16-8-9-17(12)13(10(2)14)11-4-6-15-7-5-11/h4-10,13H,3,14H2,1-2H3. The van der Waals surface area contributed by atoms with Gasteiger partial charge in [-0.2, -0.15) is 0 Å². The lowest BCUT2D eigenvalue weighted by Gasteiger charge is -2.24. The maximum absolute atomic E-state index is 6.11. The second-order valence-corrected chi connectivity index (χ2v) is 4.19. The molecule has 2 rings (SSSR count). The van der Waals surface area contributed by atoms with Crippen molar-refractivity contribution in [1.29, 1.82) is 0 Å². The average Bonchev–Trinajstić information content (AvgIpc) is 2.78. The molecule has 2 unspecified atom stereocenters. The summed E-state index contributed by atoms with van der Waals surface area (Å²) in [5.74, 6) is 1.06. The highest BCUT2D eigenvalue weighted by Crippen LogP contribution is 2.22. The topological polar surface area (TPSA) is 56.7 Å². The molecule has 2 heterocycles. The van der Waals surface area contributed by atoms with Crippen LogP contribution in [0.3, 0.4) is 0 Å². The normalized spacial score (nSPS) is 14.5. The molecule has 90 valence electrons. The van der Waals surface area contributed by atoms with Gasteiger partial charge in [0.05, 0.1) is 6.04 Å². The zero-order valence-corrected chi connectivity index (χ0v) is 10.2. The molecule has 0 saturated carbocycles. The molecule has 0 fully saturated rings. The van der Waals surface area contributed by atoms with Gasteiger partial charge in [0.2, 0.25) is 0 Å². The second kappa shape index (κ2) is 5.10. The van der Waals surface area contributed by atoms with E-state index in [0.29, 0.717) is 0 Å². The zero-order chi connectivity index (χ0) is 12.3. The fourth-order valence-corrected chi connectivity index (χ4v) is 2.15. The summed E-state index contributed by atoms with van der Waals surface area (Å²) in [6.07, 6.45) is 8.32. The van der Waals surface area contributed by atoms with Crippen molar-refractivity contribution in [2.24, 2.45) is 5.73 Å². The maximum Gasteiger partial charge on any atom is 0.108 e. The Morgan fingerprint density at radius 3 is 2.59 bits per heavy atom. The van der Waals surface area contributed by atoms with E-state index in [2.05, 4.69) is 21.5 Å². The summed E-state index contributed by atoms with van der Waals surface area (Å²) >= 11 is 0. The molecular weight excluding hydrogens is 212 g/mol. The molecular formula is C13H18N4. The first-order valence-corrected chi connectivity index (χ1v) is 5.91. The lowest BCUT2D eigenvalue weighted by molar-refractivity contribution is 0.481. The molecule has 2 atom stereocenters. The molecule has 0 aliphatic carbocycles. The van der Waals surface area contributed by atoms with Crippen molar-refractivity contribution >= 4 is 0 Å². The fraction of sp³-hybridized carbons (Fsp3) is 0.385. The molecule has 0 saturated heterocycles. The predicted molar refractivity (Wildman–Crippen MR) is 67.6 cm³/mol. The highest BCUT2D eigenvalue weighted by molar-refractivity contribution is 5.19. The molecule has 0 aromatic carbocycles. The lowest BCUT2D eigenvalue weighted by Crippen LogP contribution is -2.31. The van der Waals surface area contributed by atoms with Crippen molar-refractivity contribution in [1.82, 2.24) is 14.5 Å². The van der Waals surface area contributed by atoms with Crippen LogP contribution in [0.1, 0.15) is 31.3 Å². The third-order valence-electron chi connectivity index (χ3n) is 2.91. The predicted octanol–water partition coefficient (Wildman–Crippen LogP) is 1.78. The SMILES string of the molecule is CCc1nccn1C(c1ccncc1)C(C)N. The number of hydrogen-bond acceptors (Lipinski definition) is 3. The van der Waals surface area contributed by atoms with Gasteiger partial charge in [0.15, 0.2) is 0 Å². The van der Waals surface area contributed by atoms with Gasteiger partial charge >= 0.3 is 0 Å². The molecule has 0 aliphatic heterocycles. The van der Waals surface area contributed by atoms with Crippen LogP contribution in [0.5, 0.6) is 0 Å². The van der Waals surface area contributed by atoms with Crippen LogP contribution in [0.15, 0.2) is 36.9 Å². The van der Waals surface area contributed by atoms with Crippen molar-refractivity contribution in [3.8, 4) is 0 Å². The summed E-state index contributed by atoms with van der Waals surface area (Å²) in [5, 5.41) is 0. The van der Waals surface area contributed by atoms with Crippen LogP contribution in [-0.4, -0.2) is 20.6 Å². The molecule has 17 heavy (non-hydrogen) atoms. The second-order valence-electron chi connectivity index (χ2n) is 4.19. The Labute approximate surface area is 102 Å². The molecule has 2 aromatic heterocycles. The first-order chi connectivity index (χ1) is 8.24. The van der Waals surface area contributed by atoms with Crippen molar-refractivity contribution in [3.63, 3.8) is 0 Å². The van der Waals surface area contributed by atoms with Crippen LogP contribution in [0, 0.1) is 0 Å². The van der Waals surface area contributed by atoms with E-state index in [0.717, 1.165) is 12.2 Å². The monoisotopic (exact) mass is 230 g/mol. The molecule has 2 N–H and O–H groups in total. The molecule has 2 aromatic rings. The van der Waals surface area contributed by atoms with Crippen LogP contribution in [-0.2, 0) is 6.42 Å². The molecule has 4 heteroatoms. The summed E-state index contributed by atoms with van der Waals surface area (Å²) in [5.41, 5.74) is 7.28. The molecule has 0 bridgehead atoms. The van der Waals surface area contributed by atoms with Crippen LogP contribution in [0.25, 0.3) is 0 Å². The van der Waals surface area contributed by atoms with Crippen LogP contribution in [0.4, 0.5) is 0 Å². The van der Waals surface area contributed by atoms with Gasteiger partial charge in [-0.25, -0.2) is 4.98 Å². The Bertz CT molecular complexity index is 461. The van der Waals surface area contributed by atoms with Crippen LogP contribution in [0.2, 0.25) is 0 Å². The summed E-state index contributed by atoms with van der Waals surface area (Å²) in [7, 11) is 0. The number of nitrogens with two attached hydrogens (primary N) is 1. The Hall–Kier alpha value is -1.68. The minimum absolute atomic E-state index is 0.0249. The number of hydrogen-bond donors (Lipinski definition) is 1. The van der Waals surface area contributed by atoms with E-state index in [4.69, 9.17) is 5.73 Å². The van der Waals surface area contributed by atoms with Gasteiger partial charge in [0.1, 0.15) is 5.82 Å². The largest absolute Gasteiger partial charge is 0.326 e. The molecule has 0 spiro atoms. The Balaban J connectivity index is 2.43. The van der Waals surface area contributed by atoms with Crippen molar-refractivity contribution in [2.75, 3.05) is 0 Å². The molecule has 4 nitrogen and oxygen atoms in total. The first-order valence-electron chi connectivity index (χ1n) is 5.91. The number of nitrogens with zero attached hydrogens (tertiary/aromatic N) is 3. The maximum atomic E-state index is 6.11. The van der Waals surface area contributed by atoms with Gasteiger partial charge in [0.25, 0.3) is 0 Å². The molecule has 0 amide bonds. The highest BCUT2D eigenvalue weighted by Gasteiger charge is 2.19. The summed E-state index contributed by atoms with van der Waals surface area (Å²) in [6, 6.07) is 4.16. The quantitative estimate of drug-likeness (QED) is 0.871. The zero-order valence-electron chi connectivity index (χ0n) is 10.2. The summed E-state index contributed by atoms with van der Waals surface area (Å²) in [6.45, 7) is 4.12. The van der Waals surface area contributed by atoms with Gasteiger partial charge in [-0.05, 0) is 24.6 Å². The minimum atomic E-state index is 0.0249. The number of aryl methyl sites for hydroxylation is 1. The summed E-state index contributed by atoms with van der Waals surface area (Å²) in [4.78, 5) is 8.40. The molecule has 0 radical (unpaired) electrons.